The maximum Gasteiger partial charge on any atom is 0.0319 e. The van der Waals surface area contributed by atoms with Crippen molar-refractivity contribution in [2.75, 3.05) is 14.2 Å². The number of hydrogen-bond donors (Lipinski definition) is 2. The molecule has 2 nitrogen and oxygen atoms in total. The van der Waals surface area contributed by atoms with Crippen LogP contribution < -0.4 is 0 Å². The molecule has 0 unspecified atom stereocenters. The molecule has 0 saturated heterocycles. The minimum atomic E-state index is 1.00. The van der Waals surface area contributed by atoms with Gasteiger partial charge in [0.05, 0.1) is 0 Å². The van der Waals surface area contributed by atoms with Gasteiger partial charge in [0, 0.05) is 14.2 Å². The highest BCUT2D eigenvalue weighted by atomic mass is 16.2. The van der Waals surface area contributed by atoms with E-state index in [1.807, 2.05) is 178 Å². The van der Waals surface area contributed by atoms with E-state index in [9.17, 15) is 0 Å². The molecule has 0 aliphatic heterocycles. The topological polar surface area (TPSA) is 40.5 Å². The Hall–Kier alpha value is -2.42. The van der Waals surface area contributed by atoms with Gasteiger partial charge in [0.15, 0.2) is 0 Å². The van der Waals surface area contributed by atoms with Crippen LogP contribution in [-0.4, -0.2) is 24.4 Å². The predicted octanol–water partition coefficient (Wildman–Crippen LogP) is 10.8. The Labute approximate surface area is 223 Å². The van der Waals surface area contributed by atoms with Gasteiger partial charge < -0.3 is 10.2 Å². The summed E-state index contributed by atoms with van der Waals surface area (Å²) >= 11 is 0. The molecule has 3 aromatic rings. The van der Waals surface area contributed by atoms with Gasteiger partial charge in [-0.3, -0.25) is 0 Å². The summed E-state index contributed by atoms with van der Waals surface area (Å²) in [5, 5.41) is 14.0. The average Bonchev–Trinajstić information content (AvgIpc) is 3.04. The summed E-state index contributed by atoms with van der Waals surface area (Å²) in [6.07, 6.45) is 1.25. The lowest BCUT2D eigenvalue weighted by atomic mass is 10.4. The Kier molecular flexibility index (Phi) is 165. The van der Waals surface area contributed by atoms with Crippen LogP contribution in [0.1, 0.15) is 89.5 Å². The van der Waals surface area contributed by atoms with Crippen LogP contribution in [0.2, 0.25) is 0 Å². The van der Waals surface area contributed by atoms with E-state index in [-0.39, 0.29) is 0 Å². The molecule has 0 aromatic heterocycles. The van der Waals surface area contributed by atoms with E-state index in [4.69, 9.17) is 10.2 Å². The number of hydrogen-bond acceptors (Lipinski definition) is 2. The van der Waals surface area contributed by atoms with Crippen molar-refractivity contribution in [3.8, 4) is 0 Å². The Morgan fingerprint density at radius 1 is 0.257 bits per heavy atom. The lowest BCUT2D eigenvalue weighted by Gasteiger charge is -1.69. The molecule has 0 radical (unpaired) electrons. The minimum absolute atomic E-state index is 1.00. The molecule has 0 aliphatic carbocycles. The van der Waals surface area contributed by atoms with Gasteiger partial charge in [-0.1, -0.05) is 199 Å². The fourth-order valence-electron chi connectivity index (χ4n) is 1.15. The summed E-state index contributed by atoms with van der Waals surface area (Å²) in [5.74, 6) is 0. The van der Waals surface area contributed by atoms with Crippen LogP contribution >= 0.6 is 0 Å². The normalized spacial score (nSPS) is 5.83. The molecule has 2 heteroatoms. The molecule has 0 bridgehead atoms. The summed E-state index contributed by atoms with van der Waals surface area (Å²) in [6, 6.07) is 36.0. The molecule has 0 aliphatic rings. The molecular formula is C33H64O2. The van der Waals surface area contributed by atoms with Crippen molar-refractivity contribution in [3.63, 3.8) is 0 Å². The molecule has 0 saturated carbocycles. The highest BCUT2D eigenvalue weighted by molar-refractivity contribution is 5.00. The van der Waals surface area contributed by atoms with Gasteiger partial charge >= 0.3 is 0 Å². The molecule has 0 fully saturated rings. The molecule has 208 valence electrons. The summed E-state index contributed by atoms with van der Waals surface area (Å²) in [5.41, 5.74) is 0. The highest BCUT2D eigenvalue weighted by Gasteiger charge is 1.59. The maximum atomic E-state index is 7.00. The molecular weight excluding hydrogens is 428 g/mol. The summed E-state index contributed by atoms with van der Waals surface area (Å²) in [6.45, 7) is 24.2. The zero-order chi connectivity index (χ0) is 29.4. The zero-order valence-corrected chi connectivity index (χ0v) is 26.0. The Balaban J connectivity index is -0.0000000403. The van der Waals surface area contributed by atoms with E-state index in [1.54, 1.807) is 0 Å². The lowest BCUT2D eigenvalue weighted by Crippen LogP contribution is -1.47. The Morgan fingerprint density at radius 2 is 0.286 bits per heavy atom. The van der Waals surface area contributed by atoms with Crippen molar-refractivity contribution in [1.82, 2.24) is 0 Å². The fourth-order valence-corrected chi connectivity index (χ4v) is 1.15. The van der Waals surface area contributed by atoms with Gasteiger partial charge in [0.25, 0.3) is 0 Å². The third-order valence-corrected chi connectivity index (χ3v) is 2.00. The van der Waals surface area contributed by atoms with E-state index in [0.29, 0.717) is 0 Å². The minimum Gasteiger partial charge on any atom is -0.400 e. The Morgan fingerprint density at radius 3 is 0.314 bits per heavy atom. The largest absolute Gasteiger partial charge is 0.400 e. The van der Waals surface area contributed by atoms with Crippen molar-refractivity contribution in [2.24, 2.45) is 0 Å². The van der Waals surface area contributed by atoms with Crippen LogP contribution in [0.3, 0.4) is 0 Å². The molecule has 0 amide bonds. The number of benzene rings is 3. The highest BCUT2D eigenvalue weighted by Crippen LogP contribution is 1.81. The van der Waals surface area contributed by atoms with Crippen molar-refractivity contribution in [3.05, 3.63) is 109 Å². The average molecular weight is 493 g/mol. The van der Waals surface area contributed by atoms with Gasteiger partial charge in [-0.05, 0) is 0 Å². The molecule has 0 spiro atoms. The monoisotopic (exact) mass is 492 g/mol. The number of rotatable bonds is 0. The van der Waals surface area contributed by atoms with Crippen LogP contribution in [0.4, 0.5) is 0 Å². The van der Waals surface area contributed by atoms with Crippen molar-refractivity contribution in [2.45, 2.75) is 89.5 Å². The second kappa shape index (κ2) is 107. The first kappa shape index (κ1) is 53.8. The van der Waals surface area contributed by atoms with E-state index in [2.05, 4.69) is 13.8 Å². The zero-order valence-electron chi connectivity index (χ0n) is 26.0. The fraction of sp³-hybridized carbons (Fsp3) is 0.455. The smallest absolute Gasteiger partial charge is 0.0319 e. The molecule has 35 heavy (non-hydrogen) atoms. The Bertz CT molecular complexity index is 316. The van der Waals surface area contributed by atoms with Crippen LogP contribution in [0.5, 0.6) is 0 Å². The molecule has 2 N–H and O–H groups in total. The van der Waals surface area contributed by atoms with Crippen molar-refractivity contribution in [1.29, 1.82) is 0 Å². The van der Waals surface area contributed by atoms with Crippen LogP contribution in [0.25, 0.3) is 0 Å². The van der Waals surface area contributed by atoms with Gasteiger partial charge in [0.1, 0.15) is 0 Å². The SMILES string of the molecule is CC.CC.CC.CC.CC.CCC.CO.CO.c1ccccc1.c1ccccc1.c1ccccc1. The van der Waals surface area contributed by atoms with E-state index < -0.39 is 0 Å². The first-order valence-electron chi connectivity index (χ1n) is 13.3. The van der Waals surface area contributed by atoms with Gasteiger partial charge in [-0.2, -0.15) is 0 Å². The predicted molar refractivity (Wildman–Crippen MR) is 168 cm³/mol. The number of aliphatic hydroxyl groups is 2. The summed E-state index contributed by atoms with van der Waals surface area (Å²) in [4.78, 5) is 0. The second-order valence-corrected chi connectivity index (χ2v) is 4.17. The first-order valence-corrected chi connectivity index (χ1v) is 13.3. The summed E-state index contributed by atoms with van der Waals surface area (Å²) < 4.78 is 0. The van der Waals surface area contributed by atoms with Crippen LogP contribution in [0, 0.1) is 0 Å². The standard InChI is InChI=1S/3C6H6.C3H8.5C2H6.2CH4O/c3*1-2-4-6-5-3-1;1-3-2;7*1-2/h3*1-6H;3H2,1-2H3;5*1-2H3;2*2H,1H3. The third-order valence-electron chi connectivity index (χ3n) is 2.00. The molecule has 3 rings (SSSR count). The number of aliphatic hydroxyl groups excluding tert-OH is 2. The van der Waals surface area contributed by atoms with E-state index in [0.717, 1.165) is 14.2 Å². The van der Waals surface area contributed by atoms with Gasteiger partial charge in [-0.15, -0.1) is 0 Å². The maximum absolute atomic E-state index is 7.00. The van der Waals surface area contributed by atoms with Crippen molar-refractivity contribution >= 4 is 0 Å². The molecule has 0 atom stereocenters. The second-order valence-electron chi connectivity index (χ2n) is 4.17. The lowest BCUT2D eigenvalue weighted by molar-refractivity contribution is 0.399. The van der Waals surface area contributed by atoms with Crippen molar-refractivity contribution < 1.29 is 10.2 Å². The van der Waals surface area contributed by atoms with Crippen LogP contribution in [-0.2, 0) is 0 Å². The molecule has 0 heterocycles. The quantitative estimate of drug-likeness (QED) is 0.327. The molecule has 3 aromatic carbocycles. The van der Waals surface area contributed by atoms with Crippen LogP contribution in [0.15, 0.2) is 109 Å². The van der Waals surface area contributed by atoms with Gasteiger partial charge in [0.2, 0.25) is 0 Å². The third kappa shape index (κ3) is 114. The van der Waals surface area contributed by atoms with Gasteiger partial charge in [-0.25, -0.2) is 0 Å². The summed E-state index contributed by atoms with van der Waals surface area (Å²) in [7, 11) is 2.00. The van der Waals surface area contributed by atoms with E-state index in [1.165, 1.54) is 6.42 Å². The van der Waals surface area contributed by atoms with E-state index >= 15 is 0 Å². The first-order chi connectivity index (χ1) is 17.4.